The third-order valence-electron chi connectivity index (χ3n) is 6.31. The van der Waals surface area contributed by atoms with E-state index in [-0.39, 0.29) is 33.2 Å². The Morgan fingerprint density at radius 3 is 1.95 bits per heavy atom. The van der Waals surface area contributed by atoms with Gasteiger partial charge in [0.1, 0.15) is 17.1 Å². The summed E-state index contributed by atoms with van der Waals surface area (Å²) in [5, 5.41) is 3.03. The van der Waals surface area contributed by atoms with Crippen molar-refractivity contribution in [3.8, 4) is 0 Å². The van der Waals surface area contributed by atoms with Crippen molar-refractivity contribution in [1.82, 2.24) is 5.32 Å². The minimum atomic E-state index is -1.72. The summed E-state index contributed by atoms with van der Waals surface area (Å²) in [6, 6.07) is 5.00. The van der Waals surface area contributed by atoms with Gasteiger partial charge in [0.15, 0.2) is 5.42 Å². The number of benzene rings is 1. The number of hydrogen-bond donors (Lipinski definition) is 1. The van der Waals surface area contributed by atoms with Crippen LogP contribution in [0, 0.1) is 5.92 Å². The Kier molecular flexibility index (Phi) is 8.57. The largest absolute Gasteiger partial charge is 0.468 e. The van der Waals surface area contributed by atoms with E-state index >= 15 is 0 Å². The molecule has 0 aliphatic heterocycles. The van der Waals surface area contributed by atoms with Crippen LogP contribution < -0.4 is 21.4 Å². The summed E-state index contributed by atoms with van der Waals surface area (Å²) in [5.41, 5.74) is -2.83. The molecular formula is C29H33NO10. The minimum absolute atomic E-state index is 0.0669. The molecule has 0 saturated carbocycles. The van der Waals surface area contributed by atoms with Gasteiger partial charge in [-0.1, -0.05) is 19.9 Å². The van der Waals surface area contributed by atoms with Gasteiger partial charge in [0, 0.05) is 11.2 Å². The van der Waals surface area contributed by atoms with Gasteiger partial charge in [-0.2, -0.15) is 0 Å². The average molecular weight is 556 g/mol. The van der Waals surface area contributed by atoms with E-state index in [2.05, 4.69) is 5.32 Å². The van der Waals surface area contributed by atoms with Crippen LogP contribution >= 0.6 is 0 Å². The Balaban J connectivity index is 2.88. The lowest BCUT2D eigenvalue weighted by atomic mass is 9.88. The number of fused-ring (bicyclic) bond motifs is 2. The lowest BCUT2D eigenvalue weighted by Gasteiger charge is -2.29. The highest BCUT2D eigenvalue weighted by Gasteiger charge is 2.44. The van der Waals surface area contributed by atoms with Crippen molar-refractivity contribution < 1.29 is 42.5 Å². The van der Waals surface area contributed by atoms with E-state index < -0.39 is 57.5 Å². The number of hydrogen-bond acceptors (Lipinski definition) is 11. The van der Waals surface area contributed by atoms with E-state index in [0.717, 1.165) is 34.0 Å². The fourth-order valence-electron chi connectivity index (χ4n) is 4.51. The normalized spacial score (nSPS) is 15.4. The molecule has 1 aromatic carbocycles. The number of ether oxygens (including phenoxy) is 4. The zero-order chi connectivity index (χ0) is 30.1. The second-order valence-corrected chi connectivity index (χ2v) is 10.4. The number of rotatable bonds is 6. The Bertz CT molecular complexity index is 1620. The predicted octanol–water partition coefficient (Wildman–Crippen LogP) is 1.18. The third-order valence-corrected chi connectivity index (χ3v) is 6.31. The summed E-state index contributed by atoms with van der Waals surface area (Å²) in [6.07, 6.45) is 0. The van der Waals surface area contributed by atoms with Gasteiger partial charge in [-0.25, -0.2) is 14.4 Å². The molecule has 0 fully saturated rings. The summed E-state index contributed by atoms with van der Waals surface area (Å²) < 4.78 is 26.1. The highest BCUT2D eigenvalue weighted by molar-refractivity contribution is 6.28. The molecular weight excluding hydrogens is 522 g/mol. The number of carbonyl (C=O) groups excluding carboxylic acids is 4. The number of carbonyl (C=O) groups is 4. The standard InChI is InChI=1S/C29H33NO10/c1-13(2)14-10-11-16-15(12-14)23(31)21-22(30-29(3,4)5)19(27(34)38-8)17(25(32)36-6)18(26(33)37-7)20(24(21)40-16)28(35)39-9/h10-13,19,30H,1-9H3. The quantitative estimate of drug-likeness (QED) is 0.405. The molecule has 1 atom stereocenters. The van der Waals surface area contributed by atoms with E-state index in [1.54, 1.807) is 39.0 Å². The number of esters is 4. The van der Waals surface area contributed by atoms with Crippen molar-refractivity contribution >= 4 is 46.1 Å². The average Bonchev–Trinajstić information content (AvgIpc) is 3.03. The summed E-state index contributed by atoms with van der Waals surface area (Å²) in [6.45, 7) is 9.18. The molecule has 0 radical (unpaired) electrons. The SMILES string of the molecule is COC(=O)C1=C(C(=O)OC)C(C(=O)OC)C(NC(C)(C)C)=c2c(oc3ccc(C(C)C)cc3c2=O)=C1C(=O)OC. The smallest absolute Gasteiger partial charge is 0.342 e. The maximum absolute atomic E-state index is 14.3. The molecule has 1 N–H and O–H groups in total. The Labute approximate surface area is 230 Å². The highest BCUT2D eigenvalue weighted by atomic mass is 16.5. The van der Waals surface area contributed by atoms with Gasteiger partial charge < -0.3 is 28.7 Å². The first kappa shape index (κ1) is 30.1. The molecule has 3 rings (SSSR count). The van der Waals surface area contributed by atoms with Crippen LogP contribution in [0.3, 0.4) is 0 Å². The monoisotopic (exact) mass is 555 g/mol. The molecule has 11 nitrogen and oxygen atoms in total. The van der Waals surface area contributed by atoms with Crippen molar-refractivity contribution in [2.75, 3.05) is 28.4 Å². The number of methoxy groups -OCH3 is 4. The fourth-order valence-corrected chi connectivity index (χ4v) is 4.51. The second-order valence-electron chi connectivity index (χ2n) is 10.4. The van der Waals surface area contributed by atoms with Crippen molar-refractivity contribution in [3.05, 3.63) is 55.8 Å². The van der Waals surface area contributed by atoms with Gasteiger partial charge in [-0.05, 0) is 44.4 Å². The fraction of sp³-hybridized carbons (Fsp3) is 0.414. The maximum Gasteiger partial charge on any atom is 0.342 e. The van der Waals surface area contributed by atoms with Gasteiger partial charge >= 0.3 is 23.9 Å². The summed E-state index contributed by atoms with van der Waals surface area (Å²) in [7, 11) is 4.20. The first-order chi connectivity index (χ1) is 18.7. The molecule has 0 bridgehead atoms. The van der Waals surface area contributed by atoms with Crippen LogP contribution in [0.5, 0.6) is 0 Å². The van der Waals surface area contributed by atoms with E-state index in [1.807, 2.05) is 13.8 Å². The first-order valence-corrected chi connectivity index (χ1v) is 12.4. The van der Waals surface area contributed by atoms with Crippen LogP contribution in [0.2, 0.25) is 0 Å². The zero-order valence-electron chi connectivity index (χ0n) is 24.0. The van der Waals surface area contributed by atoms with Gasteiger partial charge in [-0.3, -0.25) is 9.59 Å². The molecule has 1 heterocycles. The van der Waals surface area contributed by atoms with Gasteiger partial charge in [0.2, 0.25) is 5.43 Å². The summed E-state index contributed by atoms with van der Waals surface area (Å²) in [4.78, 5) is 67.7. The van der Waals surface area contributed by atoms with Crippen LogP contribution in [-0.4, -0.2) is 57.9 Å². The lowest BCUT2D eigenvalue weighted by molar-refractivity contribution is -0.146. The molecule has 40 heavy (non-hydrogen) atoms. The van der Waals surface area contributed by atoms with Crippen molar-refractivity contribution in [3.63, 3.8) is 0 Å². The summed E-state index contributed by atoms with van der Waals surface area (Å²) in [5.74, 6) is -6.10. The topological polar surface area (TPSA) is 147 Å². The Hall–Kier alpha value is -4.41. The van der Waals surface area contributed by atoms with Gasteiger partial charge in [0.25, 0.3) is 0 Å². The van der Waals surface area contributed by atoms with Crippen LogP contribution in [0.1, 0.15) is 46.1 Å². The molecule has 1 aliphatic carbocycles. The Morgan fingerprint density at radius 1 is 0.875 bits per heavy atom. The number of nitrogens with one attached hydrogen (secondary N) is 1. The first-order valence-electron chi connectivity index (χ1n) is 12.4. The van der Waals surface area contributed by atoms with Crippen LogP contribution in [-0.2, 0) is 38.1 Å². The molecule has 11 heteroatoms. The molecule has 0 saturated heterocycles. The molecule has 1 aliphatic rings. The molecule has 2 aromatic rings. The molecule has 0 amide bonds. The molecule has 1 unspecified atom stereocenters. The zero-order valence-corrected chi connectivity index (χ0v) is 24.0. The van der Waals surface area contributed by atoms with Crippen LogP contribution in [0.25, 0.3) is 22.2 Å². The van der Waals surface area contributed by atoms with E-state index in [9.17, 15) is 24.0 Å². The molecule has 214 valence electrons. The van der Waals surface area contributed by atoms with Crippen molar-refractivity contribution in [1.29, 1.82) is 0 Å². The van der Waals surface area contributed by atoms with Crippen molar-refractivity contribution in [2.24, 2.45) is 5.92 Å². The van der Waals surface area contributed by atoms with Gasteiger partial charge in [0.05, 0.1) is 50.2 Å². The van der Waals surface area contributed by atoms with Crippen molar-refractivity contribution in [2.45, 2.75) is 46.1 Å². The van der Waals surface area contributed by atoms with Crippen LogP contribution in [0.15, 0.2) is 38.6 Å². The second kappa shape index (κ2) is 11.4. The lowest BCUT2D eigenvalue weighted by Crippen LogP contribution is -2.50. The van der Waals surface area contributed by atoms with Crippen LogP contribution in [0.4, 0.5) is 0 Å². The van der Waals surface area contributed by atoms with Gasteiger partial charge in [-0.15, -0.1) is 0 Å². The van der Waals surface area contributed by atoms with E-state index in [0.29, 0.717) is 0 Å². The molecule has 1 aromatic heterocycles. The van der Waals surface area contributed by atoms with E-state index in [4.69, 9.17) is 23.4 Å². The Morgan fingerprint density at radius 2 is 1.45 bits per heavy atom. The summed E-state index contributed by atoms with van der Waals surface area (Å²) >= 11 is 0. The third kappa shape index (κ3) is 5.36. The predicted molar refractivity (Wildman–Crippen MR) is 144 cm³/mol. The molecule has 0 spiro atoms. The highest BCUT2D eigenvalue weighted by Crippen LogP contribution is 2.32. The maximum atomic E-state index is 14.3. The van der Waals surface area contributed by atoms with E-state index in [1.165, 1.54) is 0 Å². The minimum Gasteiger partial charge on any atom is -0.468 e.